The van der Waals surface area contributed by atoms with Crippen molar-refractivity contribution in [2.75, 3.05) is 11.5 Å². The quantitative estimate of drug-likeness (QED) is 0.563. The van der Waals surface area contributed by atoms with Gasteiger partial charge in [0.15, 0.2) is 25.3 Å². The number of β-lactam (4-membered cyclic amide) rings is 1. The molecule has 0 unspecified atom stereocenters. The summed E-state index contributed by atoms with van der Waals surface area (Å²) in [5.41, 5.74) is 5.55. The lowest BCUT2D eigenvalue weighted by molar-refractivity contribution is -0.145. The Kier molecular flexibility index (Phi) is 4.79. The summed E-state index contributed by atoms with van der Waals surface area (Å²) in [5, 5.41) is 7.59. The van der Waals surface area contributed by atoms with Crippen molar-refractivity contribution in [1.82, 2.24) is 15.1 Å². The van der Waals surface area contributed by atoms with Gasteiger partial charge in [0, 0.05) is 11.2 Å². The Bertz CT molecular complexity index is 914. The smallest absolute Gasteiger partial charge is 0.248 e. The molecule has 2 aliphatic heterocycles. The van der Waals surface area contributed by atoms with Gasteiger partial charge >= 0.3 is 0 Å². The van der Waals surface area contributed by atoms with E-state index in [2.05, 4.69) is 10.2 Å². The molecule has 1 amide bonds. The minimum Gasteiger partial charge on any atom is -0.317 e. The molecule has 2 N–H and O–H groups in total. The Morgan fingerprint density at radius 1 is 1.38 bits per heavy atom. The van der Waals surface area contributed by atoms with Gasteiger partial charge in [0.05, 0.1) is 11.4 Å². The van der Waals surface area contributed by atoms with E-state index in [0.29, 0.717) is 9.91 Å². The highest BCUT2D eigenvalue weighted by molar-refractivity contribution is 8.01. The first-order chi connectivity index (χ1) is 11.9. The summed E-state index contributed by atoms with van der Waals surface area (Å²) in [5.74, 6) is -0.824. The van der Waals surface area contributed by atoms with Gasteiger partial charge in [-0.3, -0.25) is 14.5 Å². The van der Waals surface area contributed by atoms with Crippen LogP contribution in [0.3, 0.4) is 0 Å². The first kappa shape index (κ1) is 19.5. The number of hydrogen-bond donors (Lipinski definition) is 1. The van der Waals surface area contributed by atoms with Gasteiger partial charge in [0.2, 0.25) is 5.91 Å². The summed E-state index contributed by atoms with van der Waals surface area (Å²) in [6, 6.07) is -1.11. The summed E-state index contributed by atoms with van der Waals surface area (Å²) >= 11 is 2.70. The number of allylic oxidation sites excluding steroid dienone is 1. The monoisotopic (exact) mass is 416 g/mol. The van der Waals surface area contributed by atoms with E-state index in [9.17, 15) is 18.0 Å². The minimum atomic E-state index is -3.64. The summed E-state index contributed by atoms with van der Waals surface area (Å²) in [7, 11) is -3.64. The van der Waals surface area contributed by atoms with E-state index in [-0.39, 0.29) is 23.0 Å². The first-order valence-corrected chi connectivity index (χ1v) is 11.4. The lowest BCUT2D eigenvalue weighted by Crippen LogP contribution is -2.73. The second-order valence-corrected chi connectivity index (χ2v) is 11.8. The number of Topliss-reactive ketones (excluding diaryl/α,β-unsaturated/α-hetero) is 1. The number of amides is 1. The first-order valence-electron chi connectivity index (χ1n) is 7.93. The second-order valence-electron chi connectivity index (χ2n) is 7.34. The van der Waals surface area contributed by atoms with Gasteiger partial charge in [-0.05, 0) is 12.5 Å². The third kappa shape index (κ3) is 3.21. The molecule has 0 aromatic carbocycles. The Hall–Kier alpha value is -1.30. The van der Waals surface area contributed by atoms with Crippen LogP contribution in [-0.2, 0) is 19.4 Å². The zero-order valence-electron chi connectivity index (χ0n) is 14.8. The number of ketones is 1. The molecule has 142 valence electrons. The van der Waals surface area contributed by atoms with Gasteiger partial charge in [0.25, 0.3) is 0 Å². The van der Waals surface area contributed by atoms with Gasteiger partial charge in [0.1, 0.15) is 11.0 Å². The van der Waals surface area contributed by atoms with Gasteiger partial charge < -0.3 is 5.73 Å². The molecule has 2 aliphatic rings. The molecule has 3 rings (SSSR count). The topological polar surface area (TPSA) is 123 Å². The Morgan fingerprint density at radius 3 is 2.58 bits per heavy atom. The zero-order valence-corrected chi connectivity index (χ0v) is 17.3. The fraction of sp³-hybridized carbons (Fsp3) is 0.600. The van der Waals surface area contributed by atoms with Crippen LogP contribution in [0, 0.1) is 12.3 Å². The van der Waals surface area contributed by atoms with E-state index >= 15 is 0 Å². The van der Waals surface area contributed by atoms with Crippen molar-refractivity contribution in [2.24, 2.45) is 11.1 Å². The molecule has 26 heavy (non-hydrogen) atoms. The fourth-order valence-corrected chi connectivity index (χ4v) is 6.84. The highest BCUT2D eigenvalue weighted by Crippen LogP contribution is 2.40. The van der Waals surface area contributed by atoms with Crippen molar-refractivity contribution in [1.29, 1.82) is 0 Å². The molecular weight excluding hydrogens is 396 g/mol. The number of aromatic nitrogens is 2. The van der Waals surface area contributed by atoms with E-state index in [4.69, 9.17) is 5.73 Å². The van der Waals surface area contributed by atoms with Crippen molar-refractivity contribution in [3.63, 3.8) is 0 Å². The van der Waals surface area contributed by atoms with Crippen LogP contribution in [-0.4, -0.2) is 58.1 Å². The van der Waals surface area contributed by atoms with Crippen LogP contribution in [0.1, 0.15) is 25.8 Å². The molecule has 3 heterocycles. The predicted octanol–water partition coefficient (Wildman–Crippen LogP) is 0.732. The van der Waals surface area contributed by atoms with Crippen LogP contribution < -0.4 is 5.73 Å². The van der Waals surface area contributed by atoms with Crippen molar-refractivity contribution in [3.05, 3.63) is 16.3 Å². The number of carbonyl (C=O) groups excluding carboxylic acids is 2. The third-order valence-corrected chi connectivity index (χ3v) is 8.23. The van der Waals surface area contributed by atoms with Crippen molar-refractivity contribution in [2.45, 2.75) is 43.5 Å². The average molecular weight is 417 g/mol. The summed E-state index contributed by atoms with van der Waals surface area (Å²) in [4.78, 5) is 26.3. The van der Waals surface area contributed by atoms with Gasteiger partial charge in [-0.1, -0.05) is 43.9 Å². The van der Waals surface area contributed by atoms with Crippen LogP contribution in [0.5, 0.6) is 0 Å². The van der Waals surface area contributed by atoms with E-state index < -0.39 is 32.6 Å². The van der Waals surface area contributed by atoms with E-state index in [1.54, 1.807) is 20.8 Å². The van der Waals surface area contributed by atoms with E-state index in [0.717, 1.165) is 9.91 Å². The second kappa shape index (κ2) is 6.39. The standard InChI is InChI=1S/C15H20N4O4S3/c1-7-17-18-14(25-7)24-5-8-6-26(22,23)13-9(16)12(21)19(13)10(8)11(20)15(2,3)4/h9,13H,5-6,16H2,1-4H3/t9-,13-/m1/s1. The lowest BCUT2D eigenvalue weighted by Gasteiger charge is -2.49. The molecule has 0 aliphatic carbocycles. The minimum absolute atomic E-state index is 0.178. The maximum Gasteiger partial charge on any atom is 0.248 e. The molecule has 0 radical (unpaired) electrons. The number of nitrogens with two attached hydrogens (primary N) is 1. The Balaban J connectivity index is 2.02. The molecule has 1 aromatic heterocycles. The molecule has 1 fully saturated rings. The SMILES string of the molecule is Cc1nnc(SCC2=C(C(=O)C(C)(C)C)N3C(=O)[C@@H](N)[C@H]3S(=O)(=O)C2)s1. The average Bonchev–Trinajstić information content (AvgIpc) is 2.94. The number of rotatable bonds is 4. The number of thioether (sulfide) groups is 1. The highest BCUT2D eigenvalue weighted by atomic mass is 32.2. The largest absolute Gasteiger partial charge is 0.317 e. The summed E-state index contributed by atoms with van der Waals surface area (Å²) in [6.07, 6.45) is 0. The van der Waals surface area contributed by atoms with Gasteiger partial charge in [-0.15, -0.1) is 10.2 Å². The number of sulfone groups is 1. The molecule has 1 aromatic rings. The number of carbonyl (C=O) groups is 2. The molecule has 2 atom stereocenters. The molecular formula is C15H20N4O4S3. The van der Waals surface area contributed by atoms with E-state index in [1.165, 1.54) is 23.1 Å². The van der Waals surface area contributed by atoms with Crippen LogP contribution in [0.4, 0.5) is 0 Å². The van der Waals surface area contributed by atoms with E-state index in [1.807, 2.05) is 6.92 Å². The number of nitrogens with zero attached hydrogens (tertiary/aromatic N) is 3. The van der Waals surface area contributed by atoms with Crippen molar-refractivity contribution in [3.8, 4) is 0 Å². The predicted molar refractivity (Wildman–Crippen MR) is 99.3 cm³/mol. The van der Waals surface area contributed by atoms with Crippen LogP contribution in [0.2, 0.25) is 0 Å². The lowest BCUT2D eigenvalue weighted by atomic mass is 9.85. The molecule has 11 heteroatoms. The molecule has 8 nitrogen and oxygen atoms in total. The Morgan fingerprint density at radius 2 is 2.04 bits per heavy atom. The third-order valence-electron chi connectivity index (χ3n) is 4.18. The van der Waals surface area contributed by atoms with Crippen LogP contribution in [0.25, 0.3) is 0 Å². The summed E-state index contributed by atoms with van der Waals surface area (Å²) in [6.45, 7) is 7.04. The normalized spacial score (nSPS) is 25.1. The van der Waals surface area contributed by atoms with Crippen LogP contribution >= 0.6 is 23.1 Å². The number of hydrogen-bond acceptors (Lipinski definition) is 9. The highest BCUT2D eigenvalue weighted by Gasteiger charge is 2.58. The Labute approximate surface area is 160 Å². The maximum atomic E-state index is 13.0. The van der Waals surface area contributed by atoms with Gasteiger partial charge in [-0.25, -0.2) is 8.42 Å². The molecule has 0 bridgehead atoms. The molecule has 0 spiro atoms. The zero-order chi connectivity index (χ0) is 19.4. The van der Waals surface area contributed by atoms with Gasteiger partial charge in [-0.2, -0.15) is 0 Å². The fourth-order valence-electron chi connectivity index (χ4n) is 2.90. The number of fused-ring (bicyclic) bond motifs is 1. The van der Waals surface area contributed by atoms with Crippen LogP contribution in [0.15, 0.2) is 15.6 Å². The number of aryl methyl sites for hydroxylation is 1. The van der Waals surface area contributed by atoms with Crippen molar-refractivity contribution >= 4 is 44.6 Å². The molecule has 1 saturated heterocycles. The van der Waals surface area contributed by atoms with Crippen molar-refractivity contribution < 1.29 is 18.0 Å². The summed E-state index contributed by atoms with van der Waals surface area (Å²) < 4.78 is 25.9. The molecule has 0 saturated carbocycles. The maximum absolute atomic E-state index is 13.0.